The summed E-state index contributed by atoms with van der Waals surface area (Å²) in [4.78, 5) is 50.4. The monoisotopic (exact) mass is 577 g/mol. The number of likely N-dealkylation sites (tertiary alicyclic amines) is 1. The molecule has 2 saturated heterocycles. The van der Waals surface area contributed by atoms with Crippen LogP contribution in [0.3, 0.4) is 0 Å². The van der Waals surface area contributed by atoms with E-state index in [1.165, 1.54) is 12.4 Å². The van der Waals surface area contributed by atoms with Crippen LogP contribution in [0.4, 0.5) is 29.9 Å². The lowest BCUT2D eigenvalue weighted by atomic mass is 9.83. The van der Waals surface area contributed by atoms with Gasteiger partial charge < -0.3 is 34.8 Å². The molecule has 4 rings (SSSR count). The summed E-state index contributed by atoms with van der Waals surface area (Å²) in [7, 11) is -4.95. The van der Waals surface area contributed by atoms with Crippen LogP contribution in [0.1, 0.15) is 12.1 Å². The highest BCUT2D eigenvalue weighted by atomic mass is 31.2. The molecule has 0 saturated carbocycles. The van der Waals surface area contributed by atoms with Crippen molar-refractivity contribution in [3.63, 3.8) is 0 Å². The number of nitrogen functional groups attached to an aromatic ring is 1. The first-order valence-corrected chi connectivity index (χ1v) is 13.3. The molecule has 2 aromatic rings. The van der Waals surface area contributed by atoms with E-state index in [1.54, 1.807) is 4.90 Å². The lowest BCUT2D eigenvalue weighted by molar-refractivity contribution is 0.0317. The van der Waals surface area contributed by atoms with Crippen molar-refractivity contribution in [1.29, 1.82) is 0 Å². The molecule has 2 fully saturated rings. The Balaban J connectivity index is 1.70. The SMILES string of the molecule is Nc1ncc(-c2nc(N3CCOCC3)nc(C[C@@]3(COP(=O)(O)O)CCN(C(=O)OCC(F)F)C3)c2F)cn1. The van der Waals surface area contributed by atoms with Crippen LogP contribution in [-0.4, -0.2) is 99.7 Å². The molecule has 0 unspecified atom stereocenters. The normalized spacial score (nSPS) is 20.1. The number of halogens is 3. The predicted octanol–water partition coefficient (Wildman–Crippen LogP) is 1.24. The highest BCUT2D eigenvalue weighted by molar-refractivity contribution is 7.46. The van der Waals surface area contributed by atoms with Crippen molar-refractivity contribution in [2.75, 3.05) is 63.2 Å². The lowest BCUT2D eigenvalue weighted by Gasteiger charge is -2.30. The Labute approximate surface area is 220 Å². The minimum atomic E-state index is -4.95. The van der Waals surface area contributed by atoms with Crippen molar-refractivity contribution in [2.45, 2.75) is 19.3 Å². The topological polar surface area (TPSA) is 186 Å². The summed E-state index contributed by atoms with van der Waals surface area (Å²) in [6.07, 6.45) is -1.46. The number of aromatic nitrogens is 4. The molecular formula is C21H27F3N7O7P. The fraction of sp³-hybridized carbons (Fsp3) is 0.571. The summed E-state index contributed by atoms with van der Waals surface area (Å²) in [5.74, 6) is -0.686. The van der Waals surface area contributed by atoms with Crippen LogP contribution < -0.4 is 10.6 Å². The summed E-state index contributed by atoms with van der Waals surface area (Å²) < 4.78 is 67.2. The van der Waals surface area contributed by atoms with Gasteiger partial charge in [-0.1, -0.05) is 0 Å². The summed E-state index contributed by atoms with van der Waals surface area (Å²) in [5, 5.41) is 0. The first-order valence-electron chi connectivity index (χ1n) is 11.8. The molecule has 39 heavy (non-hydrogen) atoms. The van der Waals surface area contributed by atoms with Gasteiger partial charge in [0, 0.05) is 56.0 Å². The second-order valence-electron chi connectivity index (χ2n) is 9.14. The maximum Gasteiger partial charge on any atom is 0.469 e. The summed E-state index contributed by atoms with van der Waals surface area (Å²) in [6.45, 7) is -0.263. The quantitative estimate of drug-likeness (QED) is 0.362. The van der Waals surface area contributed by atoms with Gasteiger partial charge in [-0.15, -0.1) is 0 Å². The van der Waals surface area contributed by atoms with Crippen molar-refractivity contribution >= 4 is 25.8 Å². The Kier molecular flexibility index (Phi) is 8.86. The molecule has 1 amide bonds. The van der Waals surface area contributed by atoms with Gasteiger partial charge in [-0.05, 0) is 6.42 Å². The fourth-order valence-electron chi connectivity index (χ4n) is 4.36. The second-order valence-corrected chi connectivity index (χ2v) is 10.4. The van der Waals surface area contributed by atoms with E-state index in [0.717, 1.165) is 4.90 Å². The van der Waals surface area contributed by atoms with Gasteiger partial charge in [0.2, 0.25) is 11.9 Å². The van der Waals surface area contributed by atoms with E-state index in [0.29, 0.717) is 26.3 Å². The number of carbonyl (C=O) groups is 1. The van der Waals surface area contributed by atoms with E-state index in [2.05, 4.69) is 24.7 Å². The molecule has 2 aliphatic rings. The summed E-state index contributed by atoms with van der Waals surface area (Å²) >= 11 is 0. The second kappa shape index (κ2) is 12.0. The number of amides is 1. The maximum atomic E-state index is 15.9. The Morgan fingerprint density at radius 3 is 2.54 bits per heavy atom. The van der Waals surface area contributed by atoms with Gasteiger partial charge in [0.15, 0.2) is 12.4 Å². The van der Waals surface area contributed by atoms with Gasteiger partial charge in [-0.2, -0.15) is 0 Å². The van der Waals surface area contributed by atoms with E-state index in [1.807, 2.05) is 0 Å². The Morgan fingerprint density at radius 2 is 1.90 bits per heavy atom. The number of ether oxygens (including phenoxy) is 2. The molecule has 2 aromatic heterocycles. The molecule has 18 heteroatoms. The molecule has 0 spiro atoms. The average Bonchev–Trinajstić information content (AvgIpc) is 3.32. The number of phosphoric ester groups is 1. The van der Waals surface area contributed by atoms with Crippen LogP contribution in [0.15, 0.2) is 12.4 Å². The Bertz CT molecular complexity index is 1220. The number of rotatable bonds is 9. The van der Waals surface area contributed by atoms with E-state index < -0.39 is 44.8 Å². The van der Waals surface area contributed by atoms with Gasteiger partial charge in [0.1, 0.15) is 5.69 Å². The van der Waals surface area contributed by atoms with Crippen LogP contribution in [0.2, 0.25) is 0 Å². The first kappa shape index (κ1) is 28.9. The minimum absolute atomic E-state index is 0.00568. The lowest BCUT2D eigenvalue weighted by Crippen LogP contribution is -2.39. The van der Waals surface area contributed by atoms with E-state index in [-0.39, 0.29) is 54.8 Å². The third-order valence-electron chi connectivity index (χ3n) is 6.26. The molecule has 4 N–H and O–H groups in total. The number of anilines is 2. The predicted molar refractivity (Wildman–Crippen MR) is 128 cm³/mol. The number of carbonyl (C=O) groups excluding carboxylic acids is 1. The van der Waals surface area contributed by atoms with Crippen LogP contribution >= 0.6 is 7.82 Å². The van der Waals surface area contributed by atoms with Crippen molar-refractivity contribution in [3.05, 3.63) is 23.9 Å². The summed E-state index contributed by atoms with van der Waals surface area (Å²) in [5.41, 5.74) is 4.29. The maximum absolute atomic E-state index is 15.9. The van der Waals surface area contributed by atoms with Crippen molar-refractivity contribution in [1.82, 2.24) is 24.8 Å². The van der Waals surface area contributed by atoms with Crippen LogP contribution in [-0.2, 0) is 25.0 Å². The molecule has 14 nitrogen and oxygen atoms in total. The number of morpholine rings is 1. The highest BCUT2D eigenvalue weighted by Crippen LogP contribution is 2.43. The fourth-order valence-corrected chi connectivity index (χ4v) is 4.80. The molecule has 4 heterocycles. The molecule has 0 radical (unpaired) electrons. The van der Waals surface area contributed by atoms with Gasteiger partial charge in [-0.25, -0.2) is 42.5 Å². The largest absolute Gasteiger partial charge is 0.469 e. The number of nitrogens with zero attached hydrogens (tertiary/aromatic N) is 6. The molecule has 0 aromatic carbocycles. The number of alkyl halides is 2. The Hall–Kier alpha value is -3.11. The van der Waals surface area contributed by atoms with Crippen molar-refractivity contribution in [3.8, 4) is 11.3 Å². The minimum Gasteiger partial charge on any atom is -0.443 e. The van der Waals surface area contributed by atoms with Crippen molar-refractivity contribution < 1.29 is 46.3 Å². The van der Waals surface area contributed by atoms with E-state index in [4.69, 9.17) is 15.0 Å². The molecular weight excluding hydrogens is 550 g/mol. The number of hydrogen-bond acceptors (Lipinski definition) is 11. The van der Waals surface area contributed by atoms with E-state index in [9.17, 15) is 27.9 Å². The van der Waals surface area contributed by atoms with Gasteiger partial charge in [-0.3, -0.25) is 4.52 Å². The van der Waals surface area contributed by atoms with Gasteiger partial charge >= 0.3 is 13.9 Å². The molecule has 214 valence electrons. The zero-order valence-corrected chi connectivity index (χ0v) is 21.5. The standard InChI is InChI=1S/C21H27F3N7O7P/c22-15(23)10-37-20(32)31-2-1-21(11-31,12-38-39(33,34)35)7-14-16(24)17(13-8-26-18(25)27-9-13)29-19(28-14)30-3-5-36-6-4-30/h8-9,15H,1-7,10-12H2,(H2,25,26,27)(H2,33,34,35)/t21-/m0/s1. The summed E-state index contributed by atoms with van der Waals surface area (Å²) in [6, 6.07) is 0. The number of hydrogen-bond donors (Lipinski definition) is 3. The zero-order valence-electron chi connectivity index (χ0n) is 20.6. The molecule has 2 aliphatic heterocycles. The third-order valence-corrected chi connectivity index (χ3v) is 6.72. The van der Waals surface area contributed by atoms with E-state index >= 15 is 4.39 Å². The van der Waals surface area contributed by atoms with Crippen LogP contribution in [0.5, 0.6) is 0 Å². The van der Waals surface area contributed by atoms with Gasteiger partial charge in [0.05, 0.1) is 25.5 Å². The van der Waals surface area contributed by atoms with Crippen molar-refractivity contribution in [2.24, 2.45) is 5.41 Å². The Morgan fingerprint density at radius 1 is 1.21 bits per heavy atom. The average molecular weight is 577 g/mol. The van der Waals surface area contributed by atoms with Crippen LogP contribution in [0, 0.1) is 11.2 Å². The molecule has 0 aliphatic carbocycles. The number of phosphoric acid groups is 1. The van der Waals surface area contributed by atoms with Gasteiger partial charge in [0.25, 0.3) is 6.43 Å². The molecule has 1 atom stereocenters. The smallest absolute Gasteiger partial charge is 0.443 e. The molecule has 0 bridgehead atoms. The van der Waals surface area contributed by atoms with Crippen LogP contribution in [0.25, 0.3) is 11.3 Å². The third kappa shape index (κ3) is 7.51. The first-order chi connectivity index (χ1) is 18.4. The zero-order chi connectivity index (χ0) is 28.2. The highest BCUT2D eigenvalue weighted by Gasteiger charge is 2.44. The number of nitrogens with two attached hydrogens (primary N) is 1.